The van der Waals surface area contributed by atoms with Crippen LogP contribution in [-0.2, 0) is 16.1 Å². The standard InChI is InChI=1S/C9H13NO3S/c1-4-13-9(11)8-6(2)14-7(10-8)5-12-3/h4-5H2,1-3H3. The highest BCUT2D eigenvalue weighted by Gasteiger charge is 2.15. The van der Waals surface area contributed by atoms with Gasteiger partial charge < -0.3 is 9.47 Å². The van der Waals surface area contributed by atoms with Gasteiger partial charge in [0.15, 0.2) is 5.69 Å². The van der Waals surface area contributed by atoms with Crippen LogP contribution in [0.1, 0.15) is 27.3 Å². The highest BCUT2D eigenvalue weighted by molar-refractivity contribution is 7.11. The molecule has 0 bridgehead atoms. The number of rotatable bonds is 4. The summed E-state index contributed by atoms with van der Waals surface area (Å²) in [5, 5.41) is 0.799. The van der Waals surface area contributed by atoms with E-state index in [0.29, 0.717) is 18.9 Å². The van der Waals surface area contributed by atoms with Gasteiger partial charge in [-0.15, -0.1) is 11.3 Å². The van der Waals surface area contributed by atoms with Crippen molar-refractivity contribution in [2.24, 2.45) is 0 Å². The van der Waals surface area contributed by atoms with Gasteiger partial charge in [-0.2, -0.15) is 0 Å². The third kappa shape index (κ3) is 2.52. The number of esters is 1. The van der Waals surface area contributed by atoms with E-state index in [4.69, 9.17) is 9.47 Å². The molecule has 0 unspecified atom stereocenters. The molecule has 0 aromatic carbocycles. The summed E-state index contributed by atoms with van der Waals surface area (Å²) in [7, 11) is 1.60. The van der Waals surface area contributed by atoms with Crippen LogP contribution in [0.15, 0.2) is 0 Å². The molecule has 1 aromatic heterocycles. The van der Waals surface area contributed by atoms with Crippen LogP contribution in [0.5, 0.6) is 0 Å². The Morgan fingerprint density at radius 1 is 1.57 bits per heavy atom. The second-order valence-corrected chi connectivity index (χ2v) is 3.95. The number of carbonyl (C=O) groups is 1. The van der Waals surface area contributed by atoms with Gasteiger partial charge in [0.1, 0.15) is 5.01 Å². The van der Waals surface area contributed by atoms with Crippen molar-refractivity contribution in [3.05, 3.63) is 15.6 Å². The molecule has 0 radical (unpaired) electrons. The highest BCUT2D eigenvalue weighted by atomic mass is 32.1. The van der Waals surface area contributed by atoms with Crippen LogP contribution in [0, 0.1) is 6.92 Å². The van der Waals surface area contributed by atoms with Gasteiger partial charge >= 0.3 is 5.97 Å². The minimum Gasteiger partial charge on any atom is -0.461 e. The average molecular weight is 215 g/mol. The van der Waals surface area contributed by atoms with Gasteiger partial charge in [0.2, 0.25) is 0 Å². The fourth-order valence-electron chi connectivity index (χ4n) is 1.03. The lowest BCUT2D eigenvalue weighted by Gasteiger charge is -1.97. The molecule has 1 rings (SSSR count). The summed E-state index contributed by atoms with van der Waals surface area (Å²) in [6, 6.07) is 0. The van der Waals surface area contributed by atoms with E-state index in [2.05, 4.69) is 4.98 Å². The van der Waals surface area contributed by atoms with Crippen molar-refractivity contribution in [1.29, 1.82) is 0 Å². The molecule has 0 aliphatic heterocycles. The molecule has 0 aliphatic carbocycles. The number of ether oxygens (including phenoxy) is 2. The van der Waals surface area contributed by atoms with E-state index < -0.39 is 0 Å². The summed E-state index contributed by atoms with van der Waals surface area (Å²) in [6.45, 7) is 4.43. The van der Waals surface area contributed by atoms with E-state index in [9.17, 15) is 4.79 Å². The number of methoxy groups -OCH3 is 1. The number of hydrogen-bond acceptors (Lipinski definition) is 5. The number of nitrogens with zero attached hydrogens (tertiary/aromatic N) is 1. The van der Waals surface area contributed by atoms with Gasteiger partial charge in [0.25, 0.3) is 0 Å². The average Bonchev–Trinajstić information content (AvgIpc) is 2.48. The maximum absolute atomic E-state index is 11.4. The molecule has 0 saturated heterocycles. The highest BCUT2D eigenvalue weighted by Crippen LogP contribution is 2.18. The van der Waals surface area contributed by atoms with Gasteiger partial charge in [-0.05, 0) is 13.8 Å². The summed E-state index contributed by atoms with van der Waals surface area (Å²) in [4.78, 5) is 16.4. The van der Waals surface area contributed by atoms with E-state index >= 15 is 0 Å². The van der Waals surface area contributed by atoms with E-state index in [-0.39, 0.29) is 5.97 Å². The molecule has 0 fully saturated rings. The summed E-state index contributed by atoms with van der Waals surface area (Å²) >= 11 is 1.46. The van der Waals surface area contributed by atoms with Gasteiger partial charge in [0.05, 0.1) is 13.2 Å². The van der Waals surface area contributed by atoms with Crippen LogP contribution in [-0.4, -0.2) is 24.7 Å². The van der Waals surface area contributed by atoms with Crippen molar-refractivity contribution in [3.63, 3.8) is 0 Å². The lowest BCUT2D eigenvalue weighted by atomic mass is 10.4. The maximum atomic E-state index is 11.4. The Morgan fingerprint density at radius 3 is 2.86 bits per heavy atom. The van der Waals surface area contributed by atoms with Gasteiger partial charge in [-0.25, -0.2) is 9.78 Å². The number of carbonyl (C=O) groups excluding carboxylic acids is 1. The van der Waals surface area contributed by atoms with Crippen molar-refractivity contribution < 1.29 is 14.3 Å². The normalized spacial score (nSPS) is 10.2. The number of hydrogen-bond donors (Lipinski definition) is 0. The minimum atomic E-state index is -0.358. The van der Waals surface area contributed by atoms with Crippen LogP contribution >= 0.6 is 11.3 Å². The Kier molecular flexibility index (Phi) is 4.03. The topological polar surface area (TPSA) is 48.4 Å². The summed E-state index contributed by atoms with van der Waals surface area (Å²) in [5.41, 5.74) is 0.406. The van der Waals surface area contributed by atoms with Gasteiger partial charge in [0, 0.05) is 12.0 Å². The number of thiazole rings is 1. The first-order valence-corrected chi connectivity index (χ1v) is 5.13. The third-order valence-electron chi connectivity index (χ3n) is 1.58. The Labute approximate surface area is 86.9 Å². The van der Waals surface area contributed by atoms with E-state index in [1.54, 1.807) is 14.0 Å². The molecular formula is C9H13NO3S. The Balaban J connectivity index is 2.81. The fourth-order valence-corrected chi connectivity index (χ4v) is 1.92. The Morgan fingerprint density at radius 2 is 2.29 bits per heavy atom. The molecule has 1 heterocycles. The van der Waals surface area contributed by atoms with E-state index in [1.807, 2.05) is 6.92 Å². The largest absolute Gasteiger partial charge is 0.461 e. The zero-order chi connectivity index (χ0) is 10.6. The van der Waals surface area contributed by atoms with Gasteiger partial charge in [-0.1, -0.05) is 0 Å². The van der Waals surface area contributed by atoms with Crippen molar-refractivity contribution in [2.75, 3.05) is 13.7 Å². The van der Waals surface area contributed by atoms with E-state index in [1.165, 1.54) is 11.3 Å². The molecule has 14 heavy (non-hydrogen) atoms. The third-order valence-corrected chi connectivity index (χ3v) is 2.52. The van der Waals surface area contributed by atoms with Crippen molar-refractivity contribution in [1.82, 2.24) is 4.98 Å². The summed E-state index contributed by atoms with van der Waals surface area (Å²) in [6.07, 6.45) is 0. The maximum Gasteiger partial charge on any atom is 0.358 e. The van der Waals surface area contributed by atoms with Crippen molar-refractivity contribution in [3.8, 4) is 0 Å². The van der Waals surface area contributed by atoms with Crippen LogP contribution < -0.4 is 0 Å². The first-order valence-electron chi connectivity index (χ1n) is 4.31. The summed E-state index contributed by atoms with van der Waals surface area (Å²) in [5.74, 6) is -0.358. The predicted molar refractivity (Wildman–Crippen MR) is 53.5 cm³/mol. The number of aromatic nitrogens is 1. The Hall–Kier alpha value is -0.940. The van der Waals surface area contributed by atoms with Crippen molar-refractivity contribution >= 4 is 17.3 Å². The lowest BCUT2D eigenvalue weighted by Crippen LogP contribution is -2.06. The SMILES string of the molecule is CCOC(=O)c1nc(COC)sc1C. The second kappa shape index (κ2) is 5.07. The molecule has 0 aliphatic rings. The van der Waals surface area contributed by atoms with Crippen LogP contribution in [0.3, 0.4) is 0 Å². The Bertz CT molecular complexity index is 322. The van der Waals surface area contributed by atoms with Crippen LogP contribution in [0.2, 0.25) is 0 Å². The number of aryl methyl sites for hydroxylation is 1. The molecule has 0 amide bonds. The molecule has 1 aromatic rings. The lowest BCUT2D eigenvalue weighted by molar-refractivity contribution is 0.0519. The van der Waals surface area contributed by atoms with Crippen molar-refractivity contribution in [2.45, 2.75) is 20.5 Å². The first kappa shape index (κ1) is 11.1. The molecule has 4 nitrogen and oxygen atoms in total. The zero-order valence-corrected chi connectivity index (χ0v) is 9.31. The first-order chi connectivity index (χ1) is 6.69. The molecule has 0 N–H and O–H groups in total. The molecule has 0 spiro atoms. The molecule has 0 atom stereocenters. The minimum absolute atomic E-state index is 0.358. The fraction of sp³-hybridized carbons (Fsp3) is 0.556. The zero-order valence-electron chi connectivity index (χ0n) is 8.49. The monoisotopic (exact) mass is 215 g/mol. The quantitative estimate of drug-likeness (QED) is 0.718. The summed E-state index contributed by atoms with van der Waals surface area (Å²) < 4.78 is 9.80. The second-order valence-electron chi connectivity index (χ2n) is 2.67. The van der Waals surface area contributed by atoms with E-state index in [0.717, 1.165) is 9.88 Å². The molecule has 78 valence electrons. The molecular weight excluding hydrogens is 202 g/mol. The predicted octanol–water partition coefficient (Wildman–Crippen LogP) is 1.77. The smallest absolute Gasteiger partial charge is 0.358 e. The molecule has 0 saturated carbocycles. The van der Waals surface area contributed by atoms with Crippen LogP contribution in [0.25, 0.3) is 0 Å². The van der Waals surface area contributed by atoms with Crippen LogP contribution in [0.4, 0.5) is 0 Å². The molecule has 5 heteroatoms. The van der Waals surface area contributed by atoms with Gasteiger partial charge in [-0.3, -0.25) is 0 Å².